The Bertz CT molecular complexity index is 424. The van der Waals surface area contributed by atoms with Gasteiger partial charge < -0.3 is 10.0 Å². The number of aliphatic hydroxyl groups excluding tert-OH is 1. The molecule has 1 aliphatic carbocycles. The van der Waals surface area contributed by atoms with Crippen molar-refractivity contribution in [2.24, 2.45) is 0 Å². The average molecular weight is 308 g/mol. The molecular formula is C12H15Cl2NO2S. The number of alkyl halides is 1. The minimum absolute atomic E-state index is 0.0233. The fraction of sp³-hybridized carbons (Fsp3) is 0.583. The summed E-state index contributed by atoms with van der Waals surface area (Å²) in [7, 11) is 0. The summed E-state index contributed by atoms with van der Waals surface area (Å²) in [5, 5.41) is 11.5. The first-order valence-corrected chi connectivity index (χ1v) is 7.65. The Hall–Kier alpha value is -0.290. The first-order chi connectivity index (χ1) is 8.60. The Balaban J connectivity index is 2.08. The monoisotopic (exact) mass is 307 g/mol. The van der Waals surface area contributed by atoms with Crippen LogP contribution in [0.1, 0.15) is 24.8 Å². The molecule has 18 heavy (non-hydrogen) atoms. The number of rotatable bonds is 4. The number of halogens is 2. The smallest absolute Gasteiger partial charge is 0.238 e. The molecule has 2 rings (SSSR count). The standard InChI is InChI=1S/C12H15Cl2NO2S/c13-5-12(17)15(9-1-2-10(16)4-9)6-8-3-11(14)18-7-8/h3,7,9-10,16H,1-2,4-6H2/t9-,10+/m0/s1. The molecule has 0 spiro atoms. The summed E-state index contributed by atoms with van der Waals surface area (Å²) in [5.41, 5.74) is 1.02. The summed E-state index contributed by atoms with van der Waals surface area (Å²) >= 11 is 13.0. The fourth-order valence-electron chi connectivity index (χ4n) is 2.34. The molecule has 6 heteroatoms. The van der Waals surface area contributed by atoms with Crippen LogP contribution in [0.5, 0.6) is 0 Å². The van der Waals surface area contributed by atoms with Crippen molar-refractivity contribution >= 4 is 40.4 Å². The van der Waals surface area contributed by atoms with Gasteiger partial charge in [-0.05, 0) is 36.3 Å². The van der Waals surface area contributed by atoms with E-state index in [0.717, 1.165) is 22.7 Å². The Morgan fingerprint density at radius 2 is 2.33 bits per heavy atom. The zero-order valence-corrected chi connectivity index (χ0v) is 12.1. The first-order valence-electron chi connectivity index (χ1n) is 5.86. The van der Waals surface area contributed by atoms with Crippen LogP contribution in [0.15, 0.2) is 11.4 Å². The van der Waals surface area contributed by atoms with E-state index in [1.165, 1.54) is 11.3 Å². The lowest BCUT2D eigenvalue weighted by Gasteiger charge is -2.28. The van der Waals surface area contributed by atoms with E-state index in [1.54, 1.807) is 4.90 Å². The van der Waals surface area contributed by atoms with Crippen molar-refractivity contribution in [3.05, 3.63) is 21.3 Å². The highest BCUT2D eigenvalue weighted by Gasteiger charge is 2.30. The van der Waals surface area contributed by atoms with Gasteiger partial charge in [0, 0.05) is 12.6 Å². The number of amides is 1. The van der Waals surface area contributed by atoms with Gasteiger partial charge in [-0.1, -0.05) is 11.6 Å². The molecule has 1 amide bonds. The van der Waals surface area contributed by atoms with Gasteiger partial charge in [0.2, 0.25) is 5.91 Å². The van der Waals surface area contributed by atoms with E-state index >= 15 is 0 Å². The van der Waals surface area contributed by atoms with Gasteiger partial charge in [-0.2, -0.15) is 0 Å². The highest BCUT2D eigenvalue weighted by atomic mass is 35.5. The zero-order valence-electron chi connectivity index (χ0n) is 9.81. The van der Waals surface area contributed by atoms with Crippen LogP contribution in [0.25, 0.3) is 0 Å². The maximum Gasteiger partial charge on any atom is 0.238 e. The third-order valence-electron chi connectivity index (χ3n) is 3.23. The minimum atomic E-state index is -0.299. The van der Waals surface area contributed by atoms with Crippen LogP contribution in [0.4, 0.5) is 0 Å². The van der Waals surface area contributed by atoms with Crippen LogP contribution in [0.3, 0.4) is 0 Å². The summed E-state index contributed by atoms with van der Waals surface area (Å²) in [6, 6.07) is 1.96. The molecule has 0 bridgehead atoms. The zero-order chi connectivity index (χ0) is 13.1. The lowest BCUT2D eigenvalue weighted by atomic mass is 10.2. The van der Waals surface area contributed by atoms with Gasteiger partial charge in [-0.3, -0.25) is 4.79 Å². The summed E-state index contributed by atoms with van der Waals surface area (Å²) < 4.78 is 0.717. The molecule has 0 radical (unpaired) electrons. The molecular weight excluding hydrogens is 293 g/mol. The lowest BCUT2D eigenvalue weighted by Crippen LogP contribution is -2.39. The van der Waals surface area contributed by atoms with Crippen LogP contribution in [0, 0.1) is 0 Å². The predicted octanol–water partition coefficient (Wildman–Crippen LogP) is 2.88. The molecule has 2 atom stereocenters. The molecule has 0 aromatic carbocycles. The van der Waals surface area contributed by atoms with Gasteiger partial charge in [0.15, 0.2) is 0 Å². The first kappa shape index (κ1) is 14.1. The molecule has 0 saturated heterocycles. The SMILES string of the molecule is O=C(CCl)N(Cc1csc(Cl)c1)[C@H]1CC[C@@H](O)C1. The van der Waals surface area contributed by atoms with Crippen LogP contribution in [0.2, 0.25) is 4.34 Å². The van der Waals surface area contributed by atoms with Crippen LogP contribution in [-0.2, 0) is 11.3 Å². The average Bonchev–Trinajstić information content (AvgIpc) is 2.94. The van der Waals surface area contributed by atoms with E-state index in [0.29, 0.717) is 13.0 Å². The highest BCUT2D eigenvalue weighted by Crippen LogP contribution is 2.28. The van der Waals surface area contributed by atoms with E-state index in [-0.39, 0.29) is 23.9 Å². The van der Waals surface area contributed by atoms with Crippen LogP contribution in [-0.4, -0.2) is 33.9 Å². The van der Waals surface area contributed by atoms with E-state index in [2.05, 4.69) is 0 Å². The van der Waals surface area contributed by atoms with Crippen molar-refractivity contribution in [3.8, 4) is 0 Å². The lowest BCUT2D eigenvalue weighted by molar-refractivity contribution is -0.131. The van der Waals surface area contributed by atoms with E-state index in [4.69, 9.17) is 23.2 Å². The Morgan fingerprint density at radius 3 is 2.83 bits per heavy atom. The molecule has 1 aromatic rings. The second-order valence-corrected chi connectivity index (χ2v) is 6.34. The van der Waals surface area contributed by atoms with Crippen molar-refractivity contribution in [1.29, 1.82) is 0 Å². The minimum Gasteiger partial charge on any atom is -0.393 e. The maximum absolute atomic E-state index is 11.9. The van der Waals surface area contributed by atoms with E-state index in [1.807, 2.05) is 11.4 Å². The van der Waals surface area contributed by atoms with Crippen molar-refractivity contribution in [3.63, 3.8) is 0 Å². The second-order valence-electron chi connectivity index (χ2n) is 4.54. The summed E-state index contributed by atoms with van der Waals surface area (Å²) in [6.07, 6.45) is 1.93. The molecule has 1 fully saturated rings. The van der Waals surface area contributed by atoms with Gasteiger partial charge in [0.1, 0.15) is 5.88 Å². The maximum atomic E-state index is 11.9. The number of nitrogens with zero attached hydrogens (tertiary/aromatic N) is 1. The third-order valence-corrected chi connectivity index (χ3v) is 4.60. The molecule has 1 saturated carbocycles. The van der Waals surface area contributed by atoms with Crippen LogP contribution < -0.4 is 0 Å². The quantitative estimate of drug-likeness (QED) is 0.869. The van der Waals surface area contributed by atoms with E-state index < -0.39 is 0 Å². The second kappa shape index (κ2) is 6.24. The number of thiophene rings is 1. The summed E-state index contributed by atoms with van der Waals surface area (Å²) in [4.78, 5) is 13.7. The van der Waals surface area contributed by atoms with Crippen molar-refractivity contribution in [2.75, 3.05) is 5.88 Å². The fourth-order valence-corrected chi connectivity index (χ4v) is 3.39. The Kier molecular flexibility index (Phi) is 4.90. The molecule has 0 unspecified atom stereocenters. The predicted molar refractivity (Wildman–Crippen MR) is 74.2 cm³/mol. The largest absolute Gasteiger partial charge is 0.393 e. The number of carbonyl (C=O) groups excluding carboxylic acids is 1. The summed E-state index contributed by atoms with van der Waals surface area (Å²) in [5.74, 6) is -0.108. The normalized spacial score (nSPS) is 23.3. The molecule has 1 aromatic heterocycles. The summed E-state index contributed by atoms with van der Waals surface area (Å²) in [6.45, 7) is 0.520. The number of hydrogen-bond acceptors (Lipinski definition) is 3. The molecule has 0 aliphatic heterocycles. The number of carbonyl (C=O) groups is 1. The molecule has 1 heterocycles. The molecule has 3 nitrogen and oxygen atoms in total. The van der Waals surface area contributed by atoms with Gasteiger partial charge in [0.05, 0.1) is 10.4 Å². The van der Waals surface area contributed by atoms with Crippen molar-refractivity contribution in [1.82, 2.24) is 4.90 Å². The Labute approximate surface area is 120 Å². The van der Waals surface area contributed by atoms with Crippen molar-refractivity contribution < 1.29 is 9.90 Å². The topological polar surface area (TPSA) is 40.5 Å². The van der Waals surface area contributed by atoms with Gasteiger partial charge in [0.25, 0.3) is 0 Å². The van der Waals surface area contributed by atoms with E-state index in [9.17, 15) is 9.90 Å². The number of aliphatic hydroxyl groups is 1. The van der Waals surface area contributed by atoms with Crippen LogP contribution >= 0.6 is 34.5 Å². The Morgan fingerprint density at radius 1 is 1.56 bits per heavy atom. The highest BCUT2D eigenvalue weighted by molar-refractivity contribution is 7.14. The molecule has 1 N–H and O–H groups in total. The van der Waals surface area contributed by atoms with Crippen molar-refractivity contribution in [2.45, 2.75) is 38.0 Å². The van der Waals surface area contributed by atoms with Gasteiger partial charge >= 0.3 is 0 Å². The van der Waals surface area contributed by atoms with Gasteiger partial charge in [-0.15, -0.1) is 22.9 Å². The number of hydrogen-bond donors (Lipinski definition) is 1. The molecule has 100 valence electrons. The van der Waals surface area contributed by atoms with Gasteiger partial charge in [-0.25, -0.2) is 0 Å². The third kappa shape index (κ3) is 3.38. The molecule has 1 aliphatic rings.